The van der Waals surface area contributed by atoms with E-state index in [9.17, 15) is 24.6 Å². The van der Waals surface area contributed by atoms with Gasteiger partial charge in [-0.3, -0.25) is 14.4 Å². The van der Waals surface area contributed by atoms with Gasteiger partial charge in [0, 0.05) is 23.8 Å². The summed E-state index contributed by atoms with van der Waals surface area (Å²) in [6, 6.07) is 10.4. The van der Waals surface area contributed by atoms with Gasteiger partial charge in [0.05, 0.1) is 17.9 Å². The van der Waals surface area contributed by atoms with Gasteiger partial charge < -0.3 is 20.3 Å². The molecule has 0 spiro atoms. The number of aliphatic hydroxyl groups excluding tert-OH is 1. The van der Waals surface area contributed by atoms with E-state index in [1.165, 1.54) is 11.1 Å². The molecule has 5 aliphatic carbocycles. The number of carboxylic acids is 1. The van der Waals surface area contributed by atoms with Crippen LogP contribution in [0.5, 0.6) is 0 Å². The predicted octanol–water partition coefficient (Wildman–Crippen LogP) is 8.57. The molecule has 0 radical (unpaired) electrons. The molecule has 6 rings (SSSR count). The van der Waals surface area contributed by atoms with Gasteiger partial charge in [0.15, 0.2) is 5.78 Å². The number of benzene rings is 1. The number of ketones is 1. The molecule has 9 atom stereocenters. The van der Waals surface area contributed by atoms with Gasteiger partial charge in [-0.25, -0.2) is 0 Å². The third-order valence-corrected chi connectivity index (χ3v) is 16.3. The van der Waals surface area contributed by atoms with Crippen molar-refractivity contribution in [2.75, 3.05) is 13.1 Å². The third-order valence-electron chi connectivity index (χ3n) is 16.3. The number of nitrogens with one attached hydrogen (secondary N) is 1. The minimum absolute atomic E-state index is 0.00379. The van der Waals surface area contributed by atoms with Gasteiger partial charge in [-0.1, -0.05) is 84.4 Å². The molecule has 7 heteroatoms. The van der Waals surface area contributed by atoms with Crippen LogP contribution in [0.2, 0.25) is 0 Å². The van der Waals surface area contributed by atoms with Crippen molar-refractivity contribution in [3.05, 3.63) is 47.0 Å². The molecule has 5 aliphatic rings. The van der Waals surface area contributed by atoms with Gasteiger partial charge in [-0.15, -0.1) is 0 Å². The number of aliphatic hydroxyl groups is 1. The number of ether oxygens (including phenoxy) is 1. The maximum Gasteiger partial charge on any atom is 0.309 e. The van der Waals surface area contributed by atoms with Gasteiger partial charge >= 0.3 is 11.9 Å². The van der Waals surface area contributed by atoms with Gasteiger partial charge in [0.2, 0.25) is 0 Å². The van der Waals surface area contributed by atoms with E-state index in [1.807, 2.05) is 6.07 Å². The molecule has 0 heterocycles. The van der Waals surface area contributed by atoms with Crippen LogP contribution in [-0.4, -0.2) is 53.2 Å². The summed E-state index contributed by atoms with van der Waals surface area (Å²) in [7, 11) is 0. The monoisotopic (exact) mass is 717 g/mol. The first-order valence-electron chi connectivity index (χ1n) is 20.4. The number of Topliss-reactive ketones (excluding diaryl/α,β-unsaturated/α-hetero) is 1. The summed E-state index contributed by atoms with van der Waals surface area (Å²) in [5, 5.41) is 25.3. The highest BCUT2D eigenvalue weighted by Crippen LogP contribution is 2.77. The zero-order valence-corrected chi connectivity index (χ0v) is 33.6. The molecule has 1 aromatic carbocycles. The Labute approximate surface area is 313 Å². The van der Waals surface area contributed by atoms with Crippen molar-refractivity contribution in [3.8, 4) is 0 Å². The summed E-state index contributed by atoms with van der Waals surface area (Å²) >= 11 is 0. The Bertz CT molecular complexity index is 1580. The normalized spacial score (nSPS) is 37.5. The van der Waals surface area contributed by atoms with E-state index < -0.39 is 28.9 Å². The van der Waals surface area contributed by atoms with Crippen molar-refractivity contribution in [3.63, 3.8) is 0 Å². The first-order chi connectivity index (χ1) is 24.2. The SMILES string of the molecule is CC(C)C1=C2C3CCC4C5(C)CCC(OC(=O)CC(C)(C)C(=O)O)C(C)(C)C5CCC4(C)C3(C)CCC2(C(O)CNCCc2ccccc2)CC1=O. The molecule has 0 saturated heterocycles. The Kier molecular flexibility index (Phi) is 10.3. The van der Waals surface area contributed by atoms with Crippen LogP contribution < -0.4 is 5.32 Å². The summed E-state index contributed by atoms with van der Waals surface area (Å²) in [4.78, 5) is 38.8. The van der Waals surface area contributed by atoms with Gasteiger partial charge in [0.1, 0.15) is 6.10 Å². The molecule has 0 aliphatic heterocycles. The highest BCUT2D eigenvalue weighted by Gasteiger charge is 2.70. The van der Waals surface area contributed by atoms with Crippen LogP contribution in [0.15, 0.2) is 41.5 Å². The average Bonchev–Trinajstić information content (AvgIpc) is 3.38. The van der Waals surface area contributed by atoms with Crippen molar-refractivity contribution >= 4 is 17.7 Å². The summed E-state index contributed by atoms with van der Waals surface area (Å²) in [5.41, 5.74) is 1.85. The summed E-state index contributed by atoms with van der Waals surface area (Å²) in [6.45, 7) is 21.0. The molecular weight excluding hydrogens is 650 g/mol. The fourth-order valence-corrected chi connectivity index (χ4v) is 13.2. The van der Waals surface area contributed by atoms with Gasteiger partial charge in [-0.2, -0.15) is 0 Å². The topological polar surface area (TPSA) is 113 Å². The Morgan fingerprint density at radius 1 is 0.923 bits per heavy atom. The molecule has 0 bridgehead atoms. The minimum Gasteiger partial charge on any atom is -0.481 e. The van der Waals surface area contributed by atoms with E-state index in [1.54, 1.807) is 13.8 Å². The highest BCUT2D eigenvalue weighted by atomic mass is 16.5. The number of carbonyl (C=O) groups excluding carboxylic acids is 2. The third kappa shape index (κ3) is 6.12. The van der Waals surface area contributed by atoms with Crippen molar-refractivity contribution in [1.82, 2.24) is 5.32 Å². The fraction of sp³-hybridized carbons (Fsp3) is 0.756. The molecule has 0 amide bonds. The maximum atomic E-state index is 14.0. The molecule has 9 unspecified atom stereocenters. The van der Waals surface area contributed by atoms with Crippen molar-refractivity contribution in [1.29, 1.82) is 0 Å². The van der Waals surface area contributed by atoms with E-state index >= 15 is 0 Å². The number of hydrogen-bond acceptors (Lipinski definition) is 6. The number of aliphatic carboxylic acids is 1. The Morgan fingerprint density at radius 2 is 1.62 bits per heavy atom. The van der Waals surface area contributed by atoms with Crippen molar-refractivity contribution in [2.24, 2.45) is 56.2 Å². The largest absolute Gasteiger partial charge is 0.481 e. The second-order valence-corrected chi connectivity index (χ2v) is 20.0. The average molecular weight is 718 g/mol. The van der Waals surface area contributed by atoms with E-state index in [2.05, 4.69) is 78.0 Å². The number of allylic oxidation sites excluding steroid dienone is 1. The first kappa shape index (κ1) is 39.2. The maximum absolute atomic E-state index is 14.0. The lowest BCUT2D eigenvalue weighted by Gasteiger charge is -2.72. The molecule has 3 N–H and O–H groups in total. The zero-order valence-electron chi connectivity index (χ0n) is 33.6. The number of carboxylic acid groups (broad SMARTS) is 1. The summed E-state index contributed by atoms with van der Waals surface area (Å²) in [6.07, 6.45) is 8.28. The second-order valence-electron chi connectivity index (χ2n) is 20.0. The summed E-state index contributed by atoms with van der Waals surface area (Å²) < 4.78 is 6.17. The number of hydrogen-bond donors (Lipinski definition) is 3. The Balaban J connectivity index is 1.24. The standard InChI is InChI=1S/C45H67NO6/c1-28(2)37-31(47)25-45(34(48)27-46-24-19-29-13-11-10-12-14-29)23-22-43(8)30(38(37)45)15-16-33-42(7)20-18-35(52-36(49)26-40(3,4)39(50)51)41(5,6)32(42)17-21-44(33,43)9/h10-14,28,30,32-35,46,48H,15-27H2,1-9H3,(H,50,51). The molecule has 0 aromatic heterocycles. The molecule has 52 heavy (non-hydrogen) atoms. The van der Waals surface area contributed by atoms with E-state index in [0.29, 0.717) is 24.8 Å². The van der Waals surface area contributed by atoms with Crippen LogP contribution in [0, 0.1) is 56.2 Å². The number of esters is 1. The molecule has 7 nitrogen and oxygen atoms in total. The van der Waals surface area contributed by atoms with E-state index in [-0.39, 0.29) is 51.8 Å². The second kappa shape index (κ2) is 13.7. The predicted molar refractivity (Wildman–Crippen MR) is 204 cm³/mol. The van der Waals surface area contributed by atoms with Crippen molar-refractivity contribution in [2.45, 2.75) is 145 Å². The lowest BCUT2D eigenvalue weighted by atomic mass is 9.33. The van der Waals surface area contributed by atoms with E-state index in [0.717, 1.165) is 69.9 Å². The van der Waals surface area contributed by atoms with Crippen LogP contribution in [0.4, 0.5) is 0 Å². The molecular formula is C45H67NO6. The van der Waals surface area contributed by atoms with Crippen LogP contribution in [-0.2, 0) is 25.5 Å². The lowest BCUT2D eigenvalue weighted by Crippen LogP contribution is -2.66. The van der Waals surface area contributed by atoms with Crippen LogP contribution >= 0.6 is 0 Å². The first-order valence-corrected chi connectivity index (χ1v) is 20.4. The van der Waals surface area contributed by atoms with Crippen LogP contribution in [0.3, 0.4) is 0 Å². The lowest BCUT2D eigenvalue weighted by molar-refractivity contribution is -0.235. The number of rotatable bonds is 11. The fourth-order valence-electron chi connectivity index (χ4n) is 13.2. The molecule has 1 aromatic rings. The quantitative estimate of drug-likeness (QED) is 0.155. The van der Waals surface area contributed by atoms with Crippen LogP contribution in [0.1, 0.15) is 132 Å². The van der Waals surface area contributed by atoms with E-state index in [4.69, 9.17) is 4.74 Å². The van der Waals surface area contributed by atoms with Crippen LogP contribution in [0.25, 0.3) is 0 Å². The Hall–Kier alpha value is -2.51. The zero-order chi connectivity index (χ0) is 38.1. The Morgan fingerprint density at radius 3 is 2.27 bits per heavy atom. The smallest absolute Gasteiger partial charge is 0.309 e. The molecule has 4 saturated carbocycles. The van der Waals surface area contributed by atoms with Gasteiger partial charge in [0.25, 0.3) is 0 Å². The number of carbonyl (C=O) groups is 3. The number of fused-ring (bicyclic) bond motifs is 7. The molecule has 4 fully saturated rings. The van der Waals surface area contributed by atoms with Crippen molar-refractivity contribution < 1.29 is 29.3 Å². The summed E-state index contributed by atoms with van der Waals surface area (Å²) in [5.74, 6) is 0.126. The molecule has 288 valence electrons. The highest BCUT2D eigenvalue weighted by molar-refractivity contribution is 6.00. The van der Waals surface area contributed by atoms with Gasteiger partial charge in [-0.05, 0) is 129 Å². The minimum atomic E-state index is -1.16.